The molecule has 0 spiro atoms. The van der Waals surface area contributed by atoms with Crippen LogP contribution >= 0.6 is 0 Å². The third-order valence-corrected chi connectivity index (χ3v) is 2.26. The van der Waals surface area contributed by atoms with Gasteiger partial charge in [-0.3, -0.25) is 4.90 Å². The second-order valence-electron chi connectivity index (χ2n) is 5.07. The van der Waals surface area contributed by atoms with Crippen LogP contribution in [0.1, 0.15) is 27.2 Å². The molecule has 0 saturated carbocycles. The molecule has 0 aromatic heterocycles. The molecule has 96 valence electrons. The minimum Gasteiger partial charge on any atom is -0.444 e. The van der Waals surface area contributed by atoms with Crippen molar-refractivity contribution in [3.63, 3.8) is 0 Å². The second kappa shape index (κ2) is 5.21. The van der Waals surface area contributed by atoms with Gasteiger partial charge in [-0.1, -0.05) is 17.3 Å². The van der Waals surface area contributed by atoms with Gasteiger partial charge in [0.1, 0.15) is 12.7 Å². The highest BCUT2D eigenvalue weighted by Gasteiger charge is 2.33. The largest absolute Gasteiger partial charge is 0.444 e. The van der Waals surface area contributed by atoms with Gasteiger partial charge in [0.05, 0.1) is 12.3 Å². The van der Waals surface area contributed by atoms with Crippen molar-refractivity contribution in [2.75, 3.05) is 13.7 Å². The van der Waals surface area contributed by atoms with E-state index >= 15 is 0 Å². The fraction of sp³-hybridized carbons (Fsp3) is 0.667. The van der Waals surface area contributed by atoms with Crippen molar-refractivity contribution in [3.8, 4) is 0 Å². The minimum atomic E-state index is -0.496. The van der Waals surface area contributed by atoms with Gasteiger partial charge in [-0.25, -0.2) is 4.79 Å². The normalized spacial score (nSPS) is 21.1. The van der Waals surface area contributed by atoms with E-state index in [-0.39, 0.29) is 12.1 Å². The Morgan fingerprint density at radius 2 is 2.24 bits per heavy atom. The Hall–Kier alpha value is -1.52. The number of nitrogens with zero attached hydrogens (tertiary/aromatic N) is 2. The third-order valence-electron chi connectivity index (χ3n) is 2.26. The lowest BCUT2D eigenvalue weighted by molar-refractivity contribution is 0.0271. The van der Waals surface area contributed by atoms with E-state index in [9.17, 15) is 4.79 Å². The fourth-order valence-corrected chi connectivity index (χ4v) is 1.61. The summed E-state index contributed by atoms with van der Waals surface area (Å²) in [5, 5.41) is 3.70. The maximum Gasteiger partial charge on any atom is 0.411 e. The molecule has 1 heterocycles. The van der Waals surface area contributed by atoms with Crippen molar-refractivity contribution in [1.82, 2.24) is 4.90 Å². The smallest absolute Gasteiger partial charge is 0.411 e. The molecule has 0 aromatic carbocycles. The number of amides is 1. The van der Waals surface area contributed by atoms with E-state index in [0.717, 1.165) is 5.57 Å². The summed E-state index contributed by atoms with van der Waals surface area (Å²) in [5.41, 5.74) is 0.493. The highest BCUT2D eigenvalue weighted by molar-refractivity contribution is 5.77. The number of ether oxygens (including phenoxy) is 1. The lowest BCUT2D eigenvalue weighted by Gasteiger charge is -2.26. The first-order valence-electron chi connectivity index (χ1n) is 5.56. The van der Waals surface area contributed by atoms with Crippen LogP contribution in [0, 0.1) is 0 Å². The van der Waals surface area contributed by atoms with Crippen molar-refractivity contribution >= 4 is 12.3 Å². The molecule has 0 N–H and O–H groups in total. The Kier molecular flexibility index (Phi) is 4.15. The van der Waals surface area contributed by atoms with Gasteiger partial charge in [0.25, 0.3) is 0 Å². The summed E-state index contributed by atoms with van der Waals surface area (Å²) >= 11 is 0. The van der Waals surface area contributed by atoms with Gasteiger partial charge in [0.15, 0.2) is 0 Å². The first kappa shape index (κ1) is 13.5. The molecular formula is C12H20N2O3. The van der Waals surface area contributed by atoms with Gasteiger partial charge < -0.3 is 9.57 Å². The molecule has 1 saturated heterocycles. The van der Waals surface area contributed by atoms with Crippen molar-refractivity contribution in [1.29, 1.82) is 0 Å². The number of hydrogen-bond donors (Lipinski definition) is 0. The number of carbonyl (C=O) groups is 1. The summed E-state index contributed by atoms with van der Waals surface area (Å²) in [6.07, 6.45) is 1.96. The molecule has 5 heteroatoms. The topological polar surface area (TPSA) is 51.1 Å². The molecule has 0 radical (unpaired) electrons. The van der Waals surface area contributed by atoms with Gasteiger partial charge in [0.2, 0.25) is 0 Å². The zero-order chi connectivity index (χ0) is 13.1. The predicted molar refractivity (Wildman–Crippen MR) is 66.0 cm³/mol. The molecule has 1 amide bonds. The summed E-state index contributed by atoms with van der Waals surface area (Å²) in [6.45, 7) is 9.92. The van der Waals surface area contributed by atoms with E-state index in [1.54, 1.807) is 11.1 Å². The molecule has 1 rings (SSSR count). The first-order valence-corrected chi connectivity index (χ1v) is 5.56. The van der Waals surface area contributed by atoms with E-state index in [2.05, 4.69) is 16.6 Å². The number of carbonyl (C=O) groups excluding carboxylic acids is 1. The molecule has 0 bridgehead atoms. The van der Waals surface area contributed by atoms with Crippen LogP contribution in [0.4, 0.5) is 4.79 Å². The molecule has 0 aliphatic carbocycles. The molecular weight excluding hydrogens is 220 g/mol. The zero-order valence-corrected chi connectivity index (χ0v) is 10.9. The molecule has 1 aliphatic rings. The number of oxime groups is 1. The van der Waals surface area contributed by atoms with Gasteiger partial charge >= 0.3 is 6.09 Å². The second-order valence-corrected chi connectivity index (χ2v) is 5.07. The number of hydrogen-bond acceptors (Lipinski definition) is 4. The average Bonchev–Trinajstić information content (AvgIpc) is 2.54. The van der Waals surface area contributed by atoms with Crippen molar-refractivity contribution in [2.24, 2.45) is 5.16 Å². The van der Waals surface area contributed by atoms with E-state index in [1.807, 2.05) is 20.8 Å². The van der Waals surface area contributed by atoms with Gasteiger partial charge in [-0.15, -0.1) is 0 Å². The number of rotatable bonds is 2. The fourth-order valence-electron chi connectivity index (χ4n) is 1.61. The maximum atomic E-state index is 11.9. The monoisotopic (exact) mass is 240 g/mol. The van der Waals surface area contributed by atoms with Gasteiger partial charge in [0, 0.05) is 6.54 Å². The molecule has 1 unspecified atom stereocenters. The van der Waals surface area contributed by atoms with Crippen LogP contribution < -0.4 is 0 Å². The average molecular weight is 240 g/mol. The molecule has 0 aromatic rings. The Bertz CT molecular complexity index is 331. The van der Waals surface area contributed by atoms with Crippen molar-refractivity contribution < 1.29 is 14.4 Å². The van der Waals surface area contributed by atoms with Gasteiger partial charge in [-0.2, -0.15) is 0 Å². The van der Waals surface area contributed by atoms with E-state index < -0.39 is 5.60 Å². The predicted octanol–water partition coefficient (Wildman–Crippen LogP) is 2.18. The summed E-state index contributed by atoms with van der Waals surface area (Å²) in [6, 6.07) is -0.128. The van der Waals surface area contributed by atoms with Crippen LogP contribution in [-0.2, 0) is 9.57 Å². The first-order chi connectivity index (χ1) is 7.83. The van der Waals surface area contributed by atoms with Gasteiger partial charge in [-0.05, 0) is 27.2 Å². The van der Waals surface area contributed by atoms with Crippen LogP contribution in [0.25, 0.3) is 0 Å². The van der Waals surface area contributed by atoms with E-state index in [4.69, 9.17) is 4.74 Å². The Labute approximate surface area is 102 Å². The van der Waals surface area contributed by atoms with Crippen molar-refractivity contribution in [2.45, 2.75) is 38.8 Å². The SMILES string of the molecule is C=C1CC(/C=N/OC)N(C(=O)OC(C)(C)C)C1. The lowest BCUT2D eigenvalue weighted by Crippen LogP contribution is -2.40. The van der Waals surface area contributed by atoms with Crippen LogP contribution in [0.5, 0.6) is 0 Å². The summed E-state index contributed by atoms with van der Waals surface area (Å²) < 4.78 is 5.32. The van der Waals surface area contributed by atoms with Crippen LogP contribution in [0.15, 0.2) is 17.3 Å². The van der Waals surface area contributed by atoms with Crippen LogP contribution in [0.3, 0.4) is 0 Å². The molecule has 5 nitrogen and oxygen atoms in total. The molecule has 17 heavy (non-hydrogen) atoms. The summed E-state index contributed by atoms with van der Waals surface area (Å²) in [4.78, 5) is 18.2. The molecule has 1 fully saturated rings. The highest BCUT2D eigenvalue weighted by Crippen LogP contribution is 2.22. The molecule has 1 atom stereocenters. The third kappa shape index (κ3) is 4.09. The lowest BCUT2D eigenvalue weighted by atomic mass is 10.2. The van der Waals surface area contributed by atoms with E-state index in [0.29, 0.717) is 13.0 Å². The minimum absolute atomic E-state index is 0.128. The molecule has 1 aliphatic heterocycles. The standard InChI is InChI=1S/C12H20N2O3/c1-9-6-10(7-13-16-5)14(8-9)11(15)17-12(2,3)4/h7,10H,1,6,8H2,2-5H3/b13-7+. The summed E-state index contributed by atoms with van der Waals surface area (Å²) in [7, 11) is 1.47. The number of likely N-dealkylation sites (tertiary alicyclic amines) is 1. The quantitative estimate of drug-likeness (QED) is 0.422. The van der Waals surface area contributed by atoms with Crippen LogP contribution in [-0.4, -0.2) is 42.5 Å². The zero-order valence-electron chi connectivity index (χ0n) is 10.9. The highest BCUT2D eigenvalue weighted by atomic mass is 16.6. The Morgan fingerprint density at radius 3 is 2.76 bits per heavy atom. The van der Waals surface area contributed by atoms with Crippen LogP contribution in [0.2, 0.25) is 0 Å². The summed E-state index contributed by atoms with van der Waals surface area (Å²) in [5.74, 6) is 0. The Balaban J connectivity index is 2.70. The van der Waals surface area contributed by atoms with Crippen molar-refractivity contribution in [3.05, 3.63) is 12.2 Å². The van der Waals surface area contributed by atoms with E-state index in [1.165, 1.54) is 7.11 Å². The maximum absolute atomic E-state index is 11.9. The Morgan fingerprint density at radius 1 is 1.59 bits per heavy atom.